The maximum atomic E-state index is 11.7. The van der Waals surface area contributed by atoms with Crippen LogP contribution >= 0.6 is 0 Å². The van der Waals surface area contributed by atoms with E-state index in [4.69, 9.17) is 0 Å². The summed E-state index contributed by atoms with van der Waals surface area (Å²) in [5, 5.41) is 6.56. The fraction of sp³-hybridized carbons (Fsp3) is 0.933. The van der Waals surface area contributed by atoms with Crippen molar-refractivity contribution >= 4 is 5.91 Å². The van der Waals surface area contributed by atoms with Gasteiger partial charge >= 0.3 is 0 Å². The summed E-state index contributed by atoms with van der Waals surface area (Å²) >= 11 is 0. The van der Waals surface area contributed by atoms with Crippen LogP contribution in [0.15, 0.2) is 0 Å². The number of carbonyl (C=O) groups excluding carboxylic acids is 1. The van der Waals surface area contributed by atoms with Gasteiger partial charge in [-0.15, -0.1) is 0 Å². The molecule has 2 rings (SSSR count). The van der Waals surface area contributed by atoms with E-state index in [0.29, 0.717) is 6.04 Å². The summed E-state index contributed by atoms with van der Waals surface area (Å²) in [5.41, 5.74) is 0. The molecule has 0 aromatic rings. The molecule has 1 amide bonds. The monoisotopic (exact) mass is 252 g/mol. The smallest absolute Gasteiger partial charge is 0.237 e. The third kappa shape index (κ3) is 3.98. The molecule has 3 nitrogen and oxygen atoms in total. The Kier molecular flexibility index (Phi) is 5.48. The molecule has 0 aromatic heterocycles. The van der Waals surface area contributed by atoms with E-state index in [1.54, 1.807) is 0 Å². The number of hydrogen-bond donors (Lipinski definition) is 2. The van der Waals surface area contributed by atoms with Gasteiger partial charge in [-0.1, -0.05) is 32.6 Å². The molecule has 1 heterocycles. The van der Waals surface area contributed by atoms with Gasteiger partial charge in [0.15, 0.2) is 0 Å². The molecule has 0 bridgehead atoms. The third-order valence-corrected chi connectivity index (χ3v) is 4.51. The maximum Gasteiger partial charge on any atom is 0.237 e. The number of rotatable bonds is 4. The second-order valence-corrected chi connectivity index (χ2v) is 6.01. The van der Waals surface area contributed by atoms with E-state index < -0.39 is 0 Å². The zero-order valence-electron chi connectivity index (χ0n) is 11.7. The van der Waals surface area contributed by atoms with Gasteiger partial charge in [0, 0.05) is 12.6 Å². The molecule has 3 unspecified atom stereocenters. The van der Waals surface area contributed by atoms with Gasteiger partial charge in [0.2, 0.25) is 5.91 Å². The van der Waals surface area contributed by atoms with Crippen molar-refractivity contribution in [3.05, 3.63) is 0 Å². The SMILES string of the molecule is CCCC1CCCC(NC2CCCNC2=O)CC1. The van der Waals surface area contributed by atoms with Crippen LogP contribution in [0.2, 0.25) is 0 Å². The van der Waals surface area contributed by atoms with E-state index in [-0.39, 0.29) is 11.9 Å². The van der Waals surface area contributed by atoms with Crippen LogP contribution in [0.3, 0.4) is 0 Å². The Bertz CT molecular complexity index is 267. The van der Waals surface area contributed by atoms with Crippen LogP contribution in [-0.2, 0) is 4.79 Å². The first-order chi connectivity index (χ1) is 8.79. The van der Waals surface area contributed by atoms with Crippen molar-refractivity contribution in [1.82, 2.24) is 10.6 Å². The molecular weight excluding hydrogens is 224 g/mol. The Balaban J connectivity index is 1.77. The normalized spacial score (nSPS) is 33.8. The van der Waals surface area contributed by atoms with Crippen molar-refractivity contribution < 1.29 is 4.79 Å². The minimum atomic E-state index is 0.0754. The molecule has 0 spiro atoms. The van der Waals surface area contributed by atoms with Gasteiger partial charge in [0.05, 0.1) is 6.04 Å². The standard InChI is InChI=1S/C15H28N2O/c1-2-5-12-6-3-7-13(10-9-12)17-14-8-4-11-16-15(14)18/h12-14,17H,2-11H2,1H3,(H,16,18). The van der Waals surface area contributed by atoms with Crippen LogP contribution in [-0.4, -0.2) is 24.5 Å². The Morgan fingerprint density at radius 3 is 2.83 bits per heavy atom. The lowest BCUT2D eigenvalue weighted by molar-refractivity contribution is -0.124. The Morgan fingerprint density at radius 2 is 2.06 bits per heavy atom. The van der Waals surface area contributed by atoms with E-state index in [9.17, 15) is 4.79 Å². The lowest BCUT2D eigenvalue weighted by atomic mass is 9.95. The van der Waals surface area contributed by atoms with E-state index in [2.05, 4.69) is 17.6 Å². The molecule has 18 heavy (non-hydrogen) atoms. The summed E-state index contributed by atoms with van der Waals surface area (Å²) < 4.78 is 0. The zero-order chi connectivity index (χ0) is 12.8. The zero-order valence-corrected chi connectivity index (χ0v) is 11.7. The van der Waals surface area contributed by atoms with Crippen molar-refractivity contribution in [2.45, 2.75) is 76.8 Å². The molecule has 0 aromatic carbocycles. The lowest BCUT2D eigenvalue weighted by Gasteiger charge is -2.27. The molecule has 2 N–H and O–H groups in total. The number of piperidine rings is 1. The van der Waals surface area contributed by atoms with Crippen LogP contribution in [0.25, 0.3) is 0 Å². The second-order valence-electron chi connectivity index (χ2n) is 6.01. The summed E-state index contributed by atoms with van der Waals surface area (Å²) in [6.07, 6.45) is 11.4. The van der Waals surface area contributed by atoms with Crippen molar-refractivity contribution in [2.75, 3.05) is 6.54 Å². The molecule has 1 aliphatic carbocycles. The summed E-state index contributed by atoms with van der Waals surface area (Å²) in [6, 6.07) is 0.646. The number of nitrogens with one attached hydrogen (secondary N) is 2. The van der Waals surface area contributed by atoms with Gasteiger partial charge in [-0.2, -0.15) is 0 Å². The Morgan fingerprint density at radius 1 is 1.17 bits per heavy atom. The van der Waals surface area contributed by atoms with Gasteiger partial charge in [-0.3, -0.25) is 4.79 Å². The molecule has 2 fully saturated rings. The van der Waals surface area contributed by atoms with Gasteiger partial charge in [0.1, 0.15) is 0 Å². The summed E-state index contributed by atoms with van der Waals surface area (Å²) in [7, 11) is 0. The first-order valence-corrected chi connectivity index (χ1v) is 7.83. The van der Waals surface area contributed by atoms with Crippen LogP contribution in [0.1, 0.15) is 64.7 Å². The number of hydrogen-bond acceptors (Lipinski definition) is 2. The minimum absolute atomic E-state index is 0.0754. The van der Waals surface area contributed by atoms with Gasteiger partial charge in [0.25, 0.3) is 0 Å². The molecule has 3 heteroatoms. The van der Waals surface area contributed by atoms with E-state index in [0.717, 1.165) is 25.3 Å². The highest BCUT2D eigenvalue weighted by molar-refractivity contribution is 5.82. The van der Waals surface area contributed by atoms with E-state index in [1.807, 2.05) is 0 Å². The second kappa shape index (κ2) is 7.13. The molecule has 104 valence electrons. The highest BCUT2D eigenvalue weighted by Crippen LogP contribution is 2.27. The average Bonchev–Trinajstić information content (AvgIpc) is 2.59. The third-order valence-electron chi connectivity index (χ3n) is 4.51. The van der Waals surface area contributed by atoms with E-state index >= 15 is 0 Å². The van der Waals surface area contributed by atoms with Crippen LogP contribution in [0, 0.1) is 5.92 Å². The summed E-state index contributed by atoms with van der Waals surface area (Å²) in [6.45, 7) is 3.15. The van der Waals surface area contributed by atoms with Gasteiger partial charge in [-0.25, -0.2) is 0 Å². The van der Waals surface area contributed by atoms with Crippen molar-refractivity contribution in [2.24, 2.45) is 5.92 Å². The average molecular weight is 252 g/mol. The first-order valence-electron chi connectivity index (χ1n) is 7.83. The Labute approximate surface area is 111 Å². The fourth-order valence-electron chi connectivity index (χ4n) is 3.46. The molecule has 3 atom stereocenters. The first kappa shape index (κ1) is 13.9. The lowest BCUT2D eigenvalue weighted by Crippen LogP contribution is -2.51. The molecule has 1 aliphatic heterocycles. The topological polar surface area (TPSA) is 41.1 Å². The van der Waals surface area contributed by atoms with E-state index in [1.165, 1.54) is 44.9 Å². The highest BCUT2D eigenvalue weighted by atomic mass is 16.2. The summed E-state index contributed by atoms with van der Waals surface area (Å²) in [4.78, 5) is 11.7. The van der Waals surface area contributed by atoms with Crippen molar-refractivity contribution in [3.63, 3.8) is 0 Å². The Hall–Kier alpha value is -0.570. The molecule has 1 saturated heterocycles. The van der Waals surface area contributed by atoms with Crippen LogP contribution in [0.4, 0.5) is 0 Å². The van der Waals surface area contributed by atoms with Crippen molar-refractivity contribution in [1.29, 1.82) is 0 Å². The predicted molar refractivity (Wildman–Crippen MR) is 74.4 cm³/mol. The fourth-order valence-corrected chi connectivity index (χ4v) is 3.46. The molecule has 1 saturated carbocycles. The quantitative estimate of drug-likeness (QED) is 0.755. The van der Waals surface area contributed by atoms with Crippen molar-refractivity contribution in [3.8, 4) is 0 Å². The van der Waals surface area contributed by atoms with Gasteiger partial charge < -0.3 is 10.6 Å². The maximum absolute atomic E-state index is 11.7. The predicted octanol–water partition coefficient (Wildman–Crippen LogP) is 2.60. The van der Waals surface area contributed by atoms with Crippen LogP contribution in [0.5, 0.6) is 0 Å². The number of carbonyl (C=O) groups is 1. The number of amides is 1. The minimum Gasteiger partial charge on any atom is -0.355 e. The van der Waals surface area contributed by atoms with Crippen LogP contribution < -0.4 is 10.6 Å². The molecule has 2 aliphatic rings. The van der Waals surface area contributed by atoms with Gasteiger partial charge in [-0.05, 0) is 38.0 Å². The molecular formula is C15H28N2O. The largest absolute Gasteiger partial charge is 0.355 e. The highest BCUT2D eigenvalue weighted by Gasteiger charge is 2.26. The molecule has 0 radical (unpaired) electrons. The summed E-state index contributed by atoms with van der Waals surface area (Å²) in [5.74, 6) is 1.15.